The quantitative estimate of drug-likeness (QED) is 0.545. The number of Topliss-reactive ketones (excluding diaryl/α,β-unsaturated/α-hetero) is 1. The molecule has 2 rings (SSSR count). The van der Waals surface area contributed by atoms with Gasteiger partial charge in [-0.05, 0) is 6.07 Å². The monoisotopic (exact) mass is 364 g/mol. The summed E-state index contributed by atoms with van der Waals surface area (Å²) in [5.41, 5.74) is 1.67. The molecule has 2 aromatic carbocycles. The van der Waals surface area contributed by atoms with Gasteiger partial charge in [-0.2, -0.15) is 5.26 Å². The molecule has 0 saturated heterocycles. The molecule has 1 amide bonds. The zero-order chi connectivity index (χ0) is 19.5. The third-order valence-corrected chi connectivity index (χ3v) is 3.85. The average molecular weight is 364 g/mol. The predicted octanol–water partition coefficient (Wildman–Crippen LogP) is 2.77. The predicted molar refractivity (Wildman–Crippen MR) is 98.6 cm³/mol. The second-order valence-corrected chi connectivity index (χ2v) is 5.82. The summed E-state index contributed by atoms with van der Waals surface area (Å²) in [7, 11) is 0. The van der Waals surface area contributed by atoms with Gasteiger partial charge in [0.1, 0.15) is 6.61 Å². The number of carbonyl (C=O) groups is 3. The Bertz CT molecular complexity index is 841. The van der Waals surface area contributed by atoms with Crippen LogP contribution < -0.4 is 5.32 Å². The van der Waals surface area contributed by atoms with Crippen molar-refractivity contribution in [3.8, 4) is 6.07 Å². The fraction of sp³-hybridized carbons (Fsp3) is 0.238. The van der Waals surface area contributed by atoms with Crippen molar-refractivity contribution in [2.75, 3.05) is 6.54 Å². The van der Waals surface area contributed by atoms with E-state index in [4.69, 9.17) is 10.00 Å². The highest BCUT2D eigenvalue weighted by atomic mass is 16.5. The van der Waals surface area contributed by atoms with Gasteiger partial charge in [-0.3, -0.25) is 14.4 Å². The molecule has 0 fully saturated rings. The van der Waals surface area contributed by atoms with E-state index >= 15 is 0 Å². The molecule has 138 valence electrons. The molecule has 6 heteroatoms. The Morgan fingerprint density at radius 1 is 0.926 bits per heavy atom. The number of ether oxygens (including phenoxy) is 1. The minimum atomic E-state index is -0.469. The highest BCUT2D eigenvalue weighted by Gasteiger charge is 2.10. The Balaban J connectivity index is 1.64. The van der Waals surface area contributed by atoms with Crippen molar-refractivity contribution in [2.45, 2.75) is 25.9 Å². The van der Waals surface area contributed by atoms with Crippen LogP contribution in [0, 0.1) is 11.3 Å². The maximum atomic E-state index is 11.9. The minimum absolute atomic E-state index is 0.0160. The molecule has 0 spiro atoms. The van der Waals surface area contributed by atoms with E-state index in [1.807, 2.05) is 12.1 Å². The van der Waals surface area contributed by atoms with Crippen molar-refractivity contribution in [3.05, 3.63) is 71.3 Å². The largest absolute Gasteiger partial charge is 0.461 e. The van der Waals surface area contributed by atoms with Crippen molar-refractivity contribution in [3.63, 3.8) is 0 Å². The normalized spacial score (nSPS) is 9.89. The van der Waals surface area contributed by atoms with Gasteiger partial charge in [0.05, 0.1) is 18.1 Å². The summed E-state index contributed by atoms with van der Waals surface area (Å²) in [5, 5.41) is 11.6. The van der Waals surface area contributed by atoms with E-state index in [1.165, 1.54) is 0 Å². The van der Waals surface area contributed by atoms with E-state index in [0.717, 1.165) is 0 Å². The van der Waals surface area contributed by atoms with Gasteiger partial charge in [-0.15, -0.1) is 0 Å². The number of ketones is 1. The smallest absolute Gasteiger partial charge is 0.307 e. The number of esters is 1. The second-order valence-electron chi connectivity index (χ2n) is 5.82. The fourth-order valence-corrected chi connectivity index (χ4v) is 2.37. The summed E-state index contributed by atoms with van der Waals surface area (Å²) in [5.74, 6) is -0.855. The number of hydrogen-bond donors (Lipinski definition) is 1. The van der Waals surface area contributed by atoms with Crippen LogP contribution in [0.1, 0.15) is 40.7 Å². The van der Waals surface area contributed by atoms with Crippen LogP contribution in [0.2, 0.25) is 0 Å². The highest BCUT2D eigenvalue weighted by Crippen LogP contribution is 2.09. The van der Waals surface area contributed by atoms with Crippen LogP contribution in [-0.2, 0) is 20.9 Å². The van der Waals surface area contributed by atoms with Crippen molar-refractivity contribution in [1.82, 2.24) is 5.32 Å². The highest BCUT2D eigenvalue weighted by molar-refractivity contribution is 5.97. The third kappa shape index (κ3) is 6.75. The number of nitrogens with zero attached hydrogens (tertiary/aromatic N) is 1. The molecule has 0 atom stereocenters. The number of amides is 1. The van der Waals surface area contributed by atoms with E-state index in [1.54, 1.807) is 48.5 Å². The molecule has 1 N–H and O–H groups in total. The number of nitriles is 1. The maximum absolute atomic E-state index is 11.9. The van der Waals surface area contributed by atoms with Gasteiger partial charge in [0, 0.05) is 30.5 Å². The molecule has 2 aromatic rings. The van der Waals surface area contributed by atoms with Gasteiger partial charge >= 0.3 is 5.97 Å². The molecule has 0 heterocycles. The van der Waals surface area contributed by atoms with Crippen molar-refractivity contribution >= 4 is 17.7 Å². The van der Waals surface area contributed by atoms with Crippen LogP contribution in [0.15, 0.2) is 54.6 Å². The minimum Gasteiger partial charge on any atom is -0.461 e. The summed E-state index contributed by atoms with van der Waals surface area (Å²) >= 11 is 0. The average Bonchev–Trinajstić information content (AvgIpc) is 2.71. The molecular weight excluding hydrogens is 344 g/mol. The second kappa shape index (κ2) is 10.5. The molecule has 0 radical (unpaired) electrons. The molecule has 0 aliphatic rings. The van der Waals surface area contributed by atoms with Crippen LogP contribution in [0.25, 0.3) is 0 Å². The first-order valence-electron chi connectivity index (χ1n) is 8.58. The lowest BCUT2D eigenvalue weighted by Crippen LogP contribution is -2.26. The Morgan fingerprint density at radius 3 is 2.37 bits per heavy atom. The molecular formula is C21H20N2O4. The van der Waals surface area contributed by atoms with Gasteiger partial charge in [-0.1, -0.05) is 48.5 Å². The topological polar surface area (TPSA) is 96.3 Å². The third-order valence-electron chi connectivity index (χ3n) is 3.85. The molecule has 0 bridgehead atoms. The summed E-state index contributed by atoms with van der Waals surface area (Å²) in [4.78, 5) is 35.4. The SMILES string of the molecule is N#Cc1ccccc1COC(=O)CCNC(=O)CCC(=O)c1ccccc1. The fourth-order valence-electron chi connectivity index (χ4n) is 2.37. The van der Waals surface area contributed by atoms with Gasteiger partial charge in [0.2, 0.25) is 5.91 Å². The molecule has 0 aliphatic carbocycles. The van der Waals surface area contributed by atoms with Crippen LogP contribution >= 0.6 is 0 Å². The van der Waals surface area contributed by atoms with Crippen molar-refractivity contribution < 1.29 is 19.1 Å². The number of rotatable bonds is 9. The molecule has 0 saturated carbocycles. The zero-order valence-electron chi connectivity index (χ0n) is 14.8. The van der Waals surface area contributed by atoms with Gasteiger partial charge in [-0.25, -0.2) is 0 Å². The van der Waals surface area contributed by atoms with E-state index in [0.29, 0.717) is 16.7 Å². The van der Waals surface area contributed by atoms with Gasteiger partial charge < -0.3 is 10.1 Å². The van der Waals surface area contributed by atoms with E-state index < -0.39 is 5.97 Å². The lowest BCUT2D eigenvalue weighted by Gasteiger charge is -2.07. The van der Waals surface area contributed by atoms with Crippen molar-refractivity contribution in [1.29, 1.82) is 5.26 Å². The molecule has 0 unspecified atom stereocenters. The molecule has 0 aromatic heterocycles. The molecule has 0 aliphatic heterocycles. The van der Waals surface area contributed by atoms with E-state index in [9.17, 15) is 14.4 Å². The van der Waals surface area contributed by atoms with Crippen LogP contribution in [-0.4, -0.2) is 24.2 Å². The Morgan fingerprint density at radius 2 is 1.63 bits per heavy atom. The number of carbonyl (C=O) groups excluding carboxylic acids is 3. The maximum Gasteiger partial charge on any atom is 0.307 e. The van der Waals surface area contributed by atoms with Crippen LogP contribution in [0.4, 0.5) is 0 Å². The first-order chi connectivity index (χ1) is 13.1. The lowest BCUT2D eigenvalue weighted by atomic mass is 10.1. The Labute approximate surface area is 157 Å². The first-order valence-corrected chi connectivity index (χ1v) is 8.58. The number of hydrogen-bond acceptors (Lipinski definition) is 5. The summed E-state index contributed by atoms with van der Waals surface area (Å²) in [6.07, 6.45) is 0.205. The van der Waals surface area contributed by atoms with Crippen LogP contribution in [0.3, 0.4) is 0 Å². The Hall–Kier alpha value is -3.46. The van der Waals surface area contributed by atoms with Gasteiger partial charge in [0.25, 0.3) is 0 Å². The van der Waals surface area contributed by atoms with E-state index in [2.05, 4.69) is 5.32 Å². The lowest BCUT2D eigenvalue weighted by molar-refractivity contribution is -0.144. The summed E-state index contributed by atoms with van der Waals surface area (Å²) in [6, 6.07) is 17.7. The number of benzene rings is 2. The van der Waals surface area contributed by atoms with Crippen molar-refractivity contribution in [2.24, 2.45) is 0 Å². The molecule has 6 nitrogen and oxygen atoms in total. The number of nitrogens with one attached hydrogen (secondary N) is 1. The standard InChI is InChI=1S/C21H20N2O4/c22-14-17-8-4-5-9-18(17)15-27-21(26)12-13-23-20(25)11-10-19(24)16-6-2-1-3-7-16/h1-9H,10-13,15H2,(H,23,25). The molecule has 27 heavy (non-hydrogen) atoms. The first kappa shape index (κ1) is 19.9. The zero-order valence-corrected chi connectivity index (χ0v) is 14.8. The summed E-state index contributed by atoms with van der Waals surface area (Å²) < 4.78 is 5.11. The van der Waals surface area contributed by atoms with Gasteiger partial charge in [0.15, 0.2) is 5.78 Å². The Kier molecular flexibility index (Phi) is 7.73. The van der Waals surface area contributed by atoms with E-state index in [-0.39, 0.29) is 44.1 Å². The summed E-state index contributed by atoms with van der Waals surface area (Å²) in [6.45, 7) is 0.152. The van der Waals surface area contributed by atoms with Crippen LogP contribution in [0.5, 0.6) is 0 Å².